The lowest BCUT2D eigenvalue weighted by molar-refractivity contribution is 0.00878. The van der Waals surface area contributed by atoms with E-state index in [-0.39, 0.29) is 0 Å². The number of piperidine rings is 1. The van der Waals surface area contributed by atoms with Crippen LogP contribution in [0.2, 0.25) is 0 Å². The van der Waals surface area contributed by atoms with E-state index in [1.54, 1.807) is 0 Å². The molecule has 1 heterocycles. The Morgan fingerprint density at radius 3 is 2.20 bits per heavy atom. The molecule has 0 aromatic heterocycles. The zero-order valence-corrected chi connectivity index (χ0v) is 13.9. The highest BCUT2D eigenvalue weighted by molar-refractivity contribution is 4.80. The van der Waals surface area contributed by atoms with Gasteiger partial charge in [-0.05, 0) is 63.2 Å². The smallest absolute Gasteiger partial charge is 0.0599 e. The van der Waals surface area contributed by atoms with E-state index in [1.165, 1.54) is 64.6 Å². The molecule has 1 aliphatic carbocycles. The Morgan fingerprint density at radius 2 is 1.65 bits per heavy atom. The lowest BCUT2D eigenvalue weighted by Gasteiger charge is -2.37. The molecule has 2 rings (SSSR count). The molecule has 2 aliphatic rings. The quantitative estimate of drug-likeness (QED) is 0.718. The van der Waals surface area contributed by atoms with Gasteiger partial charge in [-0.15, -0.1) is 0 Å². The maximum Gasteiger partial charge on any atom is 0.0599 e. The van der Waals surface area contributed by atoms with E-state index in [4.69, 9.17) is 4.74 Å². The number of hydrogen-bond acceptors (Lipinski definition) is 2. The lowest BCUT2D eigenvalue weighted by Crippen LogP contribution is -2.40. The van der Waals surface area contributed by atoms with Crippen LogP contribution in [0, 0.1) is 17.8 Å². The van der Waals surface area contributed by atoms with Gasteiger partial charge in [0.05, 0.1) is 6.10 Å². The summed E-state index contributed by atoms with van der Waals surface area (Å²) in [5.41, 5.74) is 0. The maximum atomic E-state index is 5.75. The van der Waals surface area contributed by atoms with E-state index in [0.717, 1.165) is 24.4 Å². The summed E-state index contributed by atoms with van der Waals surface area (Å²) >= 11 is 0. The van der Waals surface area contributed by atoms with E-state index in [1.807, 2.05) is 0 Å². The monoisotopic (exact) mass is 281 g/mol. The number of hydrogen-bond donors (Lipinski definition) is 0. The van der Waals surface area contributed by atoms with E-state index < -0.39 is 0 Å². The molecule has 0 bridgehead atoms. The van der Waals surface area contributed by atoms with Crippen molar-refractivity contribution >= 4 is 0 Å². The highest BCUT2D eigenvalue weighted by Crippen LogP contribution is 2.35. The van der Waals surface area contributed by atoms with Crippen LogP contribution in [0.3, 0.4) is 0 Å². The minimum atomic E-state index is 0.539. The number of nitrogens with zero attached hydrogens (tertiary/aromatic N) is 1. The normalized spacial score (nSPS) is 31.4. The van der Waals surface area contributed by atoms with Gasteiger partial charge in [0.15, 0.2) is 0 Å². The third kappa shape index (κ3) is 4.73. The first kappa shape index (κ1) is 16.3. The second-order valence-corrected chi connectivity index (χ2v) is 7.12. The summed E-state index contributed by atoms with van der Waals surface area (Å²) in [6.45, 7) is 11.7. The Kier molecular flexibility index (Phi) is 6.83. The van der Waals surface area contributed by atoms with Gasteiger partial charge in [-0.25, -0.2) is 0 Å². The Bertz CT molecular complexity index is 252. The van der Waals surface area contributed by atoms with Gasteiger partial charge >= 0.3 is 0 Å². The van der Waals surface area contributed by atoms with Crippen LogP contribution in [0.15, 0.2) is 0 Å². The Balaban J connectivity index is 1.64. The van der Waals surface area contributed by atoms with Crippen LogP contribution in [-0.4, -0.2) is 37.2 Å². The standard InChI is InChI=1S/C18H35NO/c1-4-15(3)17-8-6-16(7-9-17)14-19-12-10-18(11-13-19)20-5-2/h15-18H,4-14H2,1-3H3. The van der Waals surface area contributed by atoms with Crippen LogP contribution in [0.1, 0.15) is 65.7 Å². The topological polar surface area (TPSA) is 12.5 Å². The second-order valence-electron chi connectivity index (χ2n) is 7.12. The molecule has 1 aliphatic heterocycles. The Morgan fingerprint density at radius 1 is 1.00 bits per heavy atom. The average Bonchev–Trinajstić information content (AvgIpc) is 2.49. The van der Waals surface area contributed by atoms with Crippen molar-refractivity contribution in [2.75, 3.05) is 26.2 Å². The largest absolute Gasteiger partial charge is 0.378 e. The summed E-state index contributed by atoms with van der Waals surface area (Å²) in [4.78, 5) is 2.70. The fourth-order valence-electron chi connectivity index (χ4n) is 4.13. The highest BCUT2D eigenvalue weighted by atomic mass is 16.5. The minimum Gasteiger partial charge on any atom is -0.378 e. The SMILES string of the molecule is CCOC1CCN(CC2CCC(C(C)CC)CC2)CC1. The number of ether oxygens (including phenoxy) is 1. The van der Waals surface area contributed by atoms with Crippen molar-refractivity contribution in [2.45, 2.75) is 71.8 Å². The third-order valence-electron chi connectivity index (χ3n) is 5.79. The first-order valence-electron chi connectivity index (χ1n) is 9.06. The average molecular weight is 281 g/mol. The molecule has 118 valence electrons. The molecular formula is C18H35NO. The summed E-state index contributed by atoms with van der Waals surface area (Å²) in [7, 11) is 0. The molecule has 1 saturated heterocycles. The molecular weight excluding hydrogens is 246 g/mol. The summed E-state index contributed by atoms with van der Waals surface area (Å²) in [5.74, 6) is 2.93. The van der Waals surface area contributed by atoms with Crippen molar-refractivity contribution in [1.29, 1.82) is 0 Å². The molecule has 0 radical (unpaired) electrons. The van der Waals surface area contributed by atoms with Gasteiger partial charge in [0, 0.05) is 26.2 Å². The third-order valence-corrected chi connectivity index (χ3v) is 5.79. The van der Waals surface area contributed by atoms with Crippen LogP contribution >= 0.6 is 0 Å². The zero-order chi connectivity index (χ0) is 14.4. The molecule has 0 aromatic carbocycles. The number of likely N-dealkylation sites (tertiary alicyclic amines) is 1. The Labute approximate surface area is 126 Å². The molecule has 1 saturated carbocycles. The molecule has 1 atom stereocenters. The molecule has 2 heteroatoms. The van der Waals surface area contributed by atoms with Gasteiger partial charge in [0.2, 0.25) is 0 Å². The van der Waals surface area contributed by atoms with Crippen molar-refractivity contribution < 1.29 is 4.74 Å². The van der Waals surface area contributed by atoms with Gasteiger partial charge in [-0.3, -0.25) is 0 Å². The van der Waals surface area contributed by atoms with Gasteiger partial charge < -0.3 is 9.64 Å². The molecule has 2 nitrogen and oxygen atoms in total. The molecule has 1 unspecified atom stereocenters. The first-order valence-corrected chi connectivity index (χ1v) is 9.06. The maximum absolute atomic E-state index is 5.75. The molecule has 20 heavy (non-hydrogen) atoms. The summed E-state index contributed by atoms with van der Waals surface area (Å²) < 4.78 is 5.75. The van der Waals surface area contributed by atoms with Crippen molar-refractivity contribution in [3.63, 3.8) is 0 Å². The van der Waals surface area contributed by atoms with E-state index in [2.05, 4.69) is 25.7 Å². The summed E-state index contributed by atoms with van der Waals surface area (Å²) in [5, 5.41) is 0. The highest BCUT2D eigenvalue weighted by Gasteiger charge is 2.27. The zero-order valence-electron chi connectivity index (χ0n) is 13.9. The lowest BCUT2D eigenvalue weighted by atomic mass is 9.75. The van der Waals surface area contributed by atoms with Crippen LogP contribution in [0.25, 0.3) is 0 Å². The number of rotatable bonds is 6. The molecule has 0 spiro atoms. The minimum absolute atomic E-state index is 0.539. The van der Waals surface area contributed by atoms with Gasteiger partial charge in [-0.2, -0.15) is 0 Å². The van der Waals surface area contributed by atoms with Gasteiger partial charge in [0.1, 0.15) is 0 Å². The van der Waals surface area contributed by atoms with Crippen molar-refractivity contribution in [3.8, 4) is 0 Å². The summed E-state index contributed by atoms with van der Waals surface area (Å²) in [6, 6.07) is 0. The van der Waals surface area contributed by atoms with Gasteiger partial charge in [0.25, 0.3) is 0 Å². The van der Waals surface area contributed by atoms with Crippen molar-refractivity contribution in [1.82, 2.24) is 4.90 Å². The molecule has 0 N–H and O–H groups in total. The molecule has 2 fully saturated rings. The summed E-state index contributed by atoms with van der Waals surface area (Å²) in [6.07, 6.45) is 10.3. The van der Waals surface area contributed by atoms with E-state index in [9.17, 15) is 0 Å². The fraction of sp³-hybridized carbons (Fsp3) is 1.00. The van der Waals surface area contributed by atoms with E-state index >= 15 is 0 Å². The Hall–Kier alpha value is -0.0800. The van der Waals surface area contributed by atoms with Gasteiger partial charge in [-0.1, -0.05) is 20.3 Å². The van der Waals surface area contributed by atoms with Crippen molar-refractivity contribution in [3.05, 3.63) is 0 Å². The second kappa shape index (κ2) is 8.38. The van der Waals surface area contributed by atoms with Crippen LogP contribution in [-0.2, 0) is 4.74 Å². The predicted molar refractivity (Wildman–Crippen MR) is 86.0 cm³/mol. The first-order chi connectivity index (χ1) is 9.72. The van der Waals surface area contributed by atoms with E-state index in [0.29, 0.717) is 6.10 Å². The molecule has 0 aromatic rings. The van der Waals surface area contributed by atoms with Crippen molar-refractivity contribution in [2.24, 2.45) is 17.8 Å². The van der Waals surface area contributed by atoms with Crippen LogP contribution in [0.5, 0.6) is 0 Å². The molecule has 0 amide bonds. The predicted octanol–water partition coefficient (Wildman–Crippen LogP) is 4.34. The van der Waals surface area contributed by atoms with Crippen LogP contribution < -0.4 is 0 Å². The fourth-order valence-corrected chi connectivity index (χ4v) is 4.13. The van der Waals surface area contributed by atoms with Crippen LogP contribution in [0.4, 0.5) is 0 Å².